The fourth-order valence-corrected chi connectivity index (χ4v) is 4.25. The molecule has 0 bridgehead atoms. The molecule has 1 fully saturated rings. The molecule has 1 aromatic rings. The zero-order chi connectivity index (χ0) is 14.4. The molecule has 1 saturated heterocycles. The van der Waals surface area contributed by atoms with Crippen molar-refractivity contribution in [3.05, 3.63) is 5.51 Å². The molecule has 0 saturated carbocycles. The van der Waals surface area contributed by atoms with Crippen LogP contribution in [-0.2, 0) is 10.2 Å². The molecule has 9 heteroatoms. The van der Waals surface area contributed by atoms with Crippen molar-refractivity contribution in [2.24, 2.45) is 5.92 Å². The molecule has 2 N–H and O–H groups in total. The number of piperidine rings is 1. The van der Waals surface area contributed by atoms with Crippen LogP contribution in [0.3, 0.4) is 0 Å². The van der Waals surface area contributed by atoms with E-state index in [-0.39, 0.29) is 0 Å². The molecule has 1 unspecified atom stereocenters. The van der Waals surface area contributed by atoms with Gasteiger partial charge in [0.15, 0.2) is 0 Å². The molecule has 1 aliphatic heterocycles. The standard InChI is InChI=1S/C11H21N5O2S2/c1-2-5-12-7-10-4-3-6-16(8-10)20(17,18)15-11-14-13-9-19-11/h9-10,12H,2-8H2,1H3,(H,14,15). The third-order valence-electron chi connectivity index (χ3n) is 3.26. The van der Waals surface area contributed by atoms with Gasteiger partial charge in [-0.25, -0.2) is 4.72 Å². The molecule has 0 aromatic carbocycles. The molecule has 0 radical (unpaired) electrons. The average Bonchev–Trinajstić information content (AvgIpc) is 2.92. The molecule has 2 heterocycles. The number of nitrogens with zero attached hydrogens (tertiary/aromatic N) is 3. The second-order valence-electron chi connectivity index (χ2n) is 4.92. The lowest BCUT2D eigenvalue weighted by Gasteiger charge is -2.31. The Morgan fingerprint density at radius 2 is 2.40 bits per heavy atom. The number of hydrogen-bond acceptors (Lipinski definition) is 6. The first-order valence-electron chi connectivity index (χ1n) is 6.86. The molecule has 0 spiro atoms. The van der Waals surface area contributed by atoms with Gasteiger partial charge in [-0.15, -0.1) is 10.2 Å². The first kappa shape index (κ1) is 15.6. The number of nitrogens with one attached hydrogen (secondary N) is 2. The van der Waals surface area contributed by atoms with Crippen molar-refractivity contribution in [3.63, 3.8) is 0 Å². The van der Waals surface area contributed by atoms with Crippen molar-refractivity contribution in [2.75, 3.05) is 30.9 Å². The molecule has 114 valence electrons. The first-order valence-corrected chi connectivity index (χ1v) is 9.18. The zero-order valence-corrected chi connectivity index (χ0v) is 13.2. The van der Waals surface area contributed by atoms with E-state index in [1.54, 1.807) is 0 Å². The molecule has 1 aromatic heterocycles. The van der Waals surface area contributed by atoms with Crippen LogP contribution in [0.2, 0.25) is 0 Å². The summed E-state index contributed by atoms with van der Waals surface area (Å²) in [6.45, 7) is 5.10. The Kier molecular flexibility index (Phi) is 5.70. The zero-order valence-electron chi connectivity index (χ0n) is 11.6. The number of anilines is 1. The fourth-order valence-electron chi connectivity index (χ4n) is 2.29. The molecule has 0 aliphatic carbocycles. The Morgan fingerprint density at radius 1 is 1.55 bits per heavy atom. The third-order valence-corrected chi connectivity index (χ3v) is 5.46. The molecule has 2 rings (SSSR count). The third kappa shape index (κ3) is 4.37. The summed E-state index contributed by atoms with van der Waals surface area (Å²) >= 11 is 1.18. The van der Waals surface area contributed by atoms with Gasteiger partial charge >= 0.3 is 10.2 Å². The largest absolute Gasteiger partial charge is 0.316 e. The first-order chi connectivity index (χ1) is 9.62. The quantitative estimate of drug-likeness (QED) is 0.729. The van der Waals surface area contributed by atoms with E-state index in [0.717, 1.165) is 32.4 Å². The molecule has 0 amide bonds. The lowest BCUT2D eigenvalue weighted by Crippen LogP contribution is -2.45. The van der Waals surface area contributed by atoms with Crippen LogP contribution in [-0.4, -0.2) is 49.1 Å². The molecule has 1 atom stereocenters. The van der Waals surface area contributed by atoms with E-state index in [2.05, 4.69) is 27.2 Å². The van der Waals surface area contributed by atoms with E-state index >= 15 is 0 Å². The van der Waals surface area contributed by atoms with Gasteiger partial charge in [0.1, 0.15) is 5.51 Å². The normalized spacial score (nSPS) is 20.9. The molecule has 7 nitrogen and oxygen atoms in total. The summed E-state index contributed by atoms with van der Waals surface area (Å²) in [6, 6.07) is 0. The second kappa shape index (κ2) is 7.30. The van der Waals surface area contributed by atoms with Gasteiger partial charge in [0.2, 0.25) is 5.13 Å². The van der Waals surface area contributed by atoms with Crippen molar-refractivity contribution >= 4 is 26.7 Å². The summed E-state index contributed by atoms with van der Waals surface area (Å²) in [5.41, 5.74) is 1.51. The highest BCUT2D eigenvalue weighted by molar-refractivity contribution is 7.90. The highest BCUT2D eigenvalue weighted by atomic mass is 32.2. The number of hydrogen-bond donors (Lipinski definition) is 2. The maximum atomic E-state index is 12.3. The fraction of sp³-hybridized carbons (Fsp3) is 0.818. The van der Waals surface area contributed by atoms with Crippen LogP contribution in [0.5, 0.6) is 0 Å². The lowest BCUT2D eigenvalue weighted by atomic mass is 10.00. The Hall–Kier alpha value is -0.770. The van der Waals surface area contributed by atoms with Crippen molar-refractivity contribution in [2.45, 2.75) is 26.2 Å². The van der Waals surface area contributed by atoms with Crippen molar-refractivity contribution in [3.8, 4) is 0 Å². The lowest BCUT2D eigenvalue weighted by molar-refractivity contribution is 0.261. The maximum Gasteiger partial charge on any atom is 0.303 e. The van der Waals surface area contributed by atoms with Crippen LogP contribution in [0.1, 0.15) is 26.2 Å². The topological polar surface area (TPSA) is 87.2 Å². The van der Waals surface area contributed by atoms with Crippen LogP contribution in [0.4, 0.5) is 5.13 Å². The Morgan fingerprint density at radius 3 is 3.10 bits per heavy atom. The predicted octanol–water partition coefficient (Wildman–Crippen LogP) is 0.906. The summed E-state index contributed by atoms with van der Waals surface area (Å²) in [7, 11) is -3.51. The Balaban J connectivity index is 1.90. The summed E-state index contributed by atoms with van der Waals surface area (Å²) in [6.07, 6.45) is 3.06. The number of rotatable bonds is 7. The predicted molar refractivity (Wildman–Crippen MR) is 79.9 cm³/mol. The van der Waals surface area contributed by atoms with Gasteiger partial charge in [-0.2, -0.15) is 12.7 Å². The van der Waals surface area contributed by atoms with Crippen LogP contribution < -0.4 is 10.0 Å². The van der Waals surface area contributed by atoms with E-state index in [4.69, 9.17) is 0 Å². The van der Waals surface area contributed by atoms with Crippen molar-refractivity contribution in [1.29, 1.82) is 0 Å². The van der Waals surface area contributed by atoms with Gasteiger partial charge in [0.05, 0.1) is 0 Å². The van der Waals surface area contributed by atoms with Crippen LogP contribution in [0.25, 0.3) is 0 Å². The van der Waals surface area contributed by atoms with Gasteiger partial charge in [0, 0.05) is 13.1 Å². The number of aromatic nitrogens is 2. The van der Waals surface area contributed by atoms with Gasteiger partial charge < -0.3 is 5.32 Å². The summed E-state index contributed by atoms with van der Waals surface area (Å²) < 4.78 is 28.5. The maximum absolute atomic E-state index is 12.3. The van der Waals surface area contributed by atoms with Crippen LogP contribution in [0, 0.1) is 5.92 Å². The van der Waals surface area contributed by atoms with E-state index in [1.807, 2.05) is 0 Å². The van der Waals surface area contributed by atoms with Gasteiger partial charge in [-0.1, -0.05) is 18.3 Å². The molecular weight excluding hydrogens is 298 g/mol. The molecule has 1 aliphatic rings. The Bertz CT molecular complexity index is 491. The minimum atomic E-state index is -3.51. The van der Waals surface area contributed by atoms with E-state index in [0.29, 0.717) is 24.1 Å². The van der Waals surface area contributed by atoms with E-state index < -0.39 is 10.2 Å². The average molecular weight is 319 g/mol. The van der Waals surface area contributed by atoms with Gasteiger partial charge in [0.25, 0.3) is 0 Å². The van der Waals surface area contributed by atoms with Crippen molar-refractivity contribution in [1.82, 2.24) is 19.8 Å². The van der Waals surface area contributed by atoms with Crippen LogP contribution >= 0.6 is 11.3 Å². The minimum absolute atomic E-state index is 0.316. The monoisotopic (exact) mass is 319 g/mol. The van der Waals surface area contributed by atoms with E-state index in [9.17, 15) is 8.42 Å². The summed E-state index contributed by atoms with van der Waals surface area (Å²) in [4.78, 5) is 0. The van der Waals surface area contributed by atoms with E-state index in [1.165, 1.54) is 21.2 Å². The molecule has 20 heavy (non-hydrogen) atoms. The SMILES string of the molecule is CCCNCC1CCCN(S(=O)(=O)Nc2nncs2)C1. The van der Waals surface area contributed by atoms with Gasteiger partial charge in [-0.05, 0) is 38.3 Å². The highest BCUT2D eigenvalue weighted by Gasteiger charge is 2.29. The second-order valence-corrected chi connectivity index (χ2v) is 7.43. The van der Waals surface area contributed by atoms with Gasteiger partial charge in [-0.3, -0.25) is 0 Å². The van der Waals surface area contributed by atoms with Crippen LogP contribution in [0.15, 0.2) is 5.51 Å². The Labute approximate surface area is 124 Å². The summed E-state index contributed by atoms with van der Waals surface area (Å²) in [5, 5.41) is 11.0. The van der Waals surface area contributed by atoms with Crippen molar-refractivity contribution < 1.29 is 8.42 Å². The highest BCUT2D eigenvalue weighted by Crippen LogP contribution is 2.20. The molecular formula is C11H21N5O2S2. The minimum Gasteiger partial charge on any atom is -0.316 e. The smallest absolute Gasteiger partial charge is 0.303 e. The summed E-state index contributed by atoms with van der Waals surface area (Å²) in [5.74, 6) is 0.376.